The molecular weight excluding hydrogens is 419 g/mol. The summed E-state index contributed by atoms with van der Waals surface area (Å²) in [5.41, 5.74) is 1.77. The van der Waals surface area contributed by atoms with Crippen molar-refractivity contribution in [1.82, 2.24) is 15.1 Å². The van der Waals surface area contributed by atoms with Crippen LogP contribution in [0.15, 0.2) is 24.3 Å². The smallest absolute Gasteiger partial charge is 0.227 e. The third-order valence-corrected chi connectivity index (χ3v) is 6.01. The van der Waals surface area contributed by atoms with E-state index in [1.165, 1.54) is 0 Å². The fourth-order valence-electron chi connectivity index (χ4n) is 3.23. The number of piperazine rings is 1. The number of benzene rings is 1. The lowest BCUT2D eigenvalue weighted by molar-refractivity contribution is -0.132. The van der Waals surface area contributed by atoms with Crippen molar-refractivity contribution in [3.63, 3.8) is 0 Å². The van der Waals surface area contributed by atoms with Crippen LogP contribution in [0.1, 0.15) is 12.0 Å². The highest BCUT2D eigenvalue weighted by Crippen LogP contribution is 2.14. The zero-order valence-electron chi connectivity index (χ0n) is 16.2. The summed E-state index contributed by atoms with van der Waals surface area (Å²) in [6, 6.07) is 7.88. The zero-order valence-corrected chi connectivity index (χ0v) is 18.6. The van der Waals surface area contributed by atoms with Crippen molar-refractivity contribution in [2.75, 3.05) is 56.6 Å². The van der Waals surface area contributed by atoms with Gasteiger partial charge in [-0.25, -0.2) is 0 Å². The van der Waals surface area contributed by atoms with Crippen molar-refractivity contribution >= 4 is 54.1 Å². The van der Waals surface area contributed by atoms with Crippen LogP contribution in [0, 0.1) is 0 Å². The van der Waals surface area contributed by atoms with Crippen LogP contribution in [-0.4, -0.2) is 78.9 Å². The van der Waals surface area contributed by atoms with Crippen molar-refractivity contribution in [3.05, 3.63) is 29.8 Å². The molecular formula is C19H30Cl2N4O2S. The number of halogens is 2. The van der Waals surface area contributed by atoms with Gasteiger partial charge in [-0.1, -0.05) is 12.1 Å². The first-order valence-electron chi connectivity index (χ1n) is 9.26. The lowest BCUT2D eigenvalue weighted by atomic mass is 10.1. The number of nitrogens with one attached hydrogen (secondary N) is 2. The van der Waals surface area contributed by atoms with Crippen molar-refractivity contribution in [2.24, 2.45) is 0 Å². The van der Waals surface area contributed by atoms with E-state index in [2.05, 4.69) is 22.6 Å². The highest BCUT2D eigenvalue weighted by molar-refractivity contribution is 7.99. The number of nitrogens with zero attached hydrogens (tertiary/aromatic N) is 2. The molecule has 0 aliphatic carbocycles. The number of anilines is 1. The van der Waals surface area contributed by atoms with E-state index in [9.17, 15) is 9.59 Å². The van der Waals surface area contributed by atoms with Crippen LogP contribution in [0.2, 0.25) is 0 Å². The third-order valence-electron chi connectivity index (χ3n) is 4.88. The molecule has 2 fully saturated rings. The quantitative estimate of drug-likeness (QED) is 0.719. The first-order chi connectivity index (χ1) is 12.6. The fourth-order valence-corrected chi connectivity index (χ4v) is 4.18. The normalized spacial score (nSPS) is 19.9. The molecule has 2 aliphatic rings. The second-order valence-corrected chi connectivity index (χ2v) is 8.19. The van der Waals surface area contributed by atoms with E-state index in [0.717, 1.165) is 55.5 Å². The molecule has 2 saturated heterocycles. The van der Waals surface area contributed by atoms with E-state index >= 15 is 0 Å². The van der Waals surface area contributed by atoms with Gasteiger partial charge in [-0.3, -0.25) is 9.59 Å². The Bertz CT molecular complexity index is 619. The van der Waals surface area contributed by atoms with Gasteiger partial charge in [-0.2, -0.15) is 11.8 Å². The van der Waals surface area contributed by atoms with E-state index in [-0.39, 0.29) is 42.7 Å². The van der Waals surface area contributed by atoms with E-state index in [1.807, 2.05) is 40.9 Å². The Morgan fingerprint density at radius 3 is 2.43 bits per heavy atom. The van der Waals surface area contributed by atoms with Gasteiger partial charge in [0.25, 0.3) is 0 Å². The second kappa shape index (κ2) is 12.5. The first-order valence-corrected chi connectivity index (χ1v) is 10.4. The largest absolute Gasteiger partial charge is 0.340 e. The summed E-state index contributed by atoms with van der Waals surface area (Å²) in [4.78, 5) is 28.7. The van der Waals surface area contributed by atoms with Crippen LogP contribution in [0.3, 0.4) is 0 Å². The summed E-state index contributed by atoms with van der Waals surface area (Å²) in [5, 5.41) is 6.32. The summed E-state index contributed by atoms with van der Waals surface area (Å²) in [5.74, 6) is 2.31. The maximum atomic E-state index is 12.4. The van der Waals surface area contributed by atoms with Gasteiger partial charge in [0.15, 0.2) is 0 Å². The number of rotatable bonds is 5. The number of thioether (sulfide) groups is 1. The van der Waals surface area contributed by atoms with Crippen molar-refractivity contribution in [2.45, 2.75) is 18.9 Å². The average Bonchev–Trinajstić information content (AvgIpc) is 2.64. The third kappa shape index (κ3) is 7.79. The number of carbonyl (C=O) groups is 2. The lowest BCUT2D eigenvalue weighted by Crippen LogP contribution is -2.47. The van der Waals surface area contributed by atoms with Gasteiger partial charge >= 0.3 is 0 Å². The minimum absolute atomic E-state index is 0. The van der Waals surface area contributed by atoms with E-state index < -0.39 is 0 Å². The zero-order chi connectivity index (χ0) is 18.4. The summed E-state index contributed by atoms with van der Waals surface area (Å²) in [6.45, 7) is 4.45. The topological polar surface area (TPSA) is 64.7 Å². The maximum absolute atomic E-state index is 12.4. The Hall–Kier alpha value is -0.990. The van der Waals surface area contributed by atoms with E-state index in [0.29, 0.717) is 12.8 Å². The molecule has 2 amide bonds. The number of hydrogen-bond acceptors (Lipinski definition) is 5. The molecule has 1 unspecified atom stereocenters. The monoisotopic (exact) mass is 448 g/mol. The van der Waals surface area contributed by atoms with Crippen LogP contribution in [0.5, 0.6) is 0 Å². The first kappa shape index (κ1) is 25.0. The minimum Gasteiger partial charge on any atom is -0.340 e. The molecule has 0 radical (unpaired) electrons. The Labute approximate surface area is 184 Å². The van der Waals surface area contributed by atoms with Crippen molar-refractivity contribution in [3.8, 4) is 0 Å². The molecule has 1 aromatic carbocycles. The summed E-state index contributed by atoms with van der Waals surface area (Å²) < 4.78 is 0. The van der Waals surface area contributed by atoms with Crippen molar-refractivity contribution < 1.29 is 9.59 Å². The van der Waals surface area contributed by atoms with Gasteiger partial charge < -0.3 is 20.4 Å². The predicted molar refractivity (Wildman–Crippen MR) is 121 cm³/mol. The molecule has 2 aliphatic heterocycles. The van der Waals surface area contributed by atoms with Gasteiger partial charge in [0.2, 0.25) is 11.8 Å². The van der Waals surface area contributed by atoms with Gasteiger partial charge in [-0.05, 0) is 24.7 Å². The number of likely N-dealkylation sites (N-methyl/N-ethyl adjacent to an activating group) is 1. The molecule has 3 rings (SSSR count). The lowest BCUT2D eigenvalue weighted by Gasteiger charge is -2.32. The Morgan fingerprint density at radius 1 is 1.14 bits per heavy atom. The second-order valence-electron chi connectivity index (χ2n) is 7.04. The van der Waals surface area contributed by atoms with Crippen LogP contribution >= 0.6 is 36.6 Å². The van der Waals surface area contributed by atoms with Crippen LogP contribution in [0.25, 0.3) is 0 Å². The molecule has 2 heterocycles. The molecule has 9 heteroatoms. The average molecular weight is 449 g/mol. The molecule has 28 heavy (non-hydrogen) atoms. The molecule has 0 aromatic heterocycles. The number of hydrogen-bond donors (Lipinski definition) is 2. The van der Waals surface area contributed by atoms with Crippen LogP contribution < -0.4 is 10.6 Å². The van der Waals surface area contributed by atoms with Gasteiger partial charge in [0.1, 0.15) is 0 Å². The van der Waals surface area contributed by atoms with Crippen LogP contribution in [-0.2, 0) is 16.0 Å². The number of carbonyl (C=O) groups excluding carboxylic acids is 2. The summed E-state index contributed by atoms with van der Waals surface area (Å²) >= 11 is 1.89. The Balaban J connectivity index is 0.00000196. The van der Waals surface area contributed by atoms with Gasteiger partial charge in [0.05, 0.1) is 6.42 Å². The highest BCUT2D eigenvalue weighted by atomic mass is 35.5. The van der Waals surface area contributed by atoms with E-state index in [1.54, 1.807) is 0 Å². The SMILES string of the molecule is CN1CCN(C(=O)Cc2ccc(NC(=O)CC3CSCCN3)cc2)CC1.Cl.Cl. The summed E-state index contributed by atoms with van der Waals surface area (Å²) in [6.07, 6.45) is 0.914. The maximum Gasteiger partial charge on any atom is 0.227 e. The molecule has 158 valence electrons. The van der Waals surface area contributed by atoms with Gasteiger partial charge in [0, 0.05) is 62.4 Å². The predicted octanol–water partition coefficient (Wildman–Crippen LogP) is 1.88. The molecule has 0 bridgehead atoms. The molecule has 0 spiro atoms. The number of amides is 2. The molecule has 1 aromatic rings. The van der Waals surface area contributed by atoms with Crippen LogP contribution in [0.4, 0.5) is 5.69 Å². The minimum atomic E-state index is 0. The van der Waals surface area contributed by atoms with Crippen molar-refractivity contribution in [1.29, 1.82) is 0 Å². The standard InChI is InChI=1S/C19H28N4O2S.2ClH/c1-22-7-9-23(10-8-22)19(25)12-15-2-4-16(5-3-15)21-18(24)13-17-14-26-11-6-20-17;;/h2-5,17,20H,6-14H2,1H3,(H,21,24);2*1H. The molecule has 6 nitrogen and oxygen atoms in total. The molecule has 1 atom stereocenters. The van der Waals surface area contributed by atoms with E-state index in [4.69, 9.17) is 0 Å². The summed E-state index contributed by atoms with van der Waals surface area (Å²) in [7, 11) is 2.08. The molecule has 2 N–H and O–H groups in total. The van der Waals surface area contributed by atoms with Gasteiger partial charge in [-0.15, -0.1) is 24.8 Å². The fraction of sp³-hybridized carbons (Fsp3) is 0.579. The Morgan fingerprint density at radius 2 is 1.82 bits per heavy atom. The Kier molecular flexibility index (Phi) is 11.2. The molecule has 0 saturated carbocycles. The highest BCUT2D eigenvalue weighted by Gasteiger charge is 2.19.